The molecule has 0 amide bonds. The highest BCUT2D eigenvalue weighted by Gasteiger charge is 2.29. The van der Waals surface area contributed by atoms with Crippen molar-refractivity contribution in [1.29, 1.82) is 0 Å². The lowest BCUT2D eigenvalue weighted by Gasteiger charge is -2.26. The normalized spacial score (nSPS) is 16.2. The van der Waals surface area contributed by atoms with Crippen molar-refractivity contribution in [3.05, 3.63) is 29.8 Å². The standard InChI is InChI=1S/C19H32N2/c1-5-13-20-16(4)17-6-8-18(9-7-17)21(19-10-11-19)14-12-15(2)3/h6-9,15-16,19-20H,5,10-14H2,1-4H3. The summed E-state index contributed by atoms with van der Waals surface area (Å²) < 4.78 is 0. The Bertz CT molecular complexity index is 406. The van der Waals surface area contributed by atoms with E-state index in [4.69, 9.17) is 0 Å². The van der Waals surface area contributed by atoms with Crippen molar-refractivity contribution in [1.82, 2.24) is 5.32 Å². The van der Waals surface area contributed by atoms with E-state index in [1.165, 1.54) is 43.5 Å². The molecule has 2 rings (SSSR count). The Morgan fingerprint density at radius 1 is 1.14 bits per heavy atom. The van der Waals surface area contributed by atoms with Gasteiger partial charge in [0.15, 0.2) is 0 Å². The molecule has 1 aromatic carbocycles. The Morgan fingerprint density at radius 2 is 1.81 bits per heavy atom. The fourth-order valence-electron chi connectivity index (χ4n) is 2.74. The van der Waals surface area contributed by atoms with E-state index in [0.29, 0.717) is 6.04 Å². The van der Waals surface area contributed by atoms with E-state index in [0.717, 1.165) is 18.5 Å². The van der Waals surface area contributed by atoms with E-state index < -0.39 is 0 Å². The summed E-state index contributed by atoms with van der Waals surface area (Å²) in [5, 5.41) is 3.56. The van der Waals surface area contributed by atoms with Crippen LogP contribution in [0.1, 0.15) is 65.0 Å². The summed E-state index contributed by atoms with van der Waals surface area (Å²) in [5.74, 6) is 0.781. The molecule has 0 saturated heterocycles. The Balaban J connectivity index is 1.98. The van der Waals surface area contributed by atoms with Crippen LogP contribution in [0.3, 0.4) is 0 Å². The highest BCUT2D eigenvalue weighted by molar-refractivity contribution is 5.50. The minimum atomic E-state index is 0.448. The smallest absolute Gasteiger partial charge is 0.0368 e. The summed E-state index contributed by atoms with van der Waals surface area (Å²) in [6, 6.07) is 10.5. The topological polar surface area (TPSA) is 15.3 Å². The summed E-state index contributed by atoms with van der Waals surface area (Å²) in [5.41, 5.74) is 2.80. The molecule has 2 nitrogen and oxygen atoms in total. The Hall–Kier alpha value is -1.02. The van der Waals surface area contributed by atoms with E-state index >= 15 is 0 Å². The lowest BCUT2D eigenvalue weighted by molar-refractivity contribution is 0.567. The van der Waals surface area contributed by atoms with E-state index in [9.17, 15) is 0 Å². The predicted molar refractivity (Wildman–Crippen MR) is 93.0 cm³/mol. The Kier molecular flexibility index (Phi) is 6.10. The molecule has 1 aliphatic rings. The number of rotatable bonds is 9. The fraction of sp³-hybridized carbons (Fsp3) is 0.684. The first-order chi connectivity index (χ1) is 10.1. The van der Waals surface area contributed by atoms with Crippen molar-refractivity contribution in [2.45, 2.75) is 65.5 Å². The lowest BCUT2D eigenvalue weighted by atomic mass is 10.1. The summed E-state index contributed by atoms with van der Waals surface area (Å²) in [4.78, 5) is 2.62. The fourth-order valence-corrected chi connectivity index (χ4v) is 2.74. The average Bonchev–Trinajstić information content (AvgIpc) is 3.30. The first-order valence-corrected chi connectivity index (χ1v) is 8.71. The lowest BCUT2D eigenvalue weighted by Crippen LogP contribution is -2.27. The van der Waals surface area contributed by atoms with Gasteiger partial charge in [-0.25, -0.2) is 0 Å². The number of nitrogens with zero attached hydrogens (tertiary/aromatic N) is 1. The maximum Gasteiger partial charge on any atom is 0.0368 e. The first-order valence-electron chi connectivity index (χ1n) is 8.71. The third kappa shape index (κ3) is 5.03. The number of nitrogens with one attached hydrogen (secondary N) is 1. The van der Waals surface area contributed by atoms with Gasteiger partial charge in [0.2, 0.25) is 0 Å². The van der Waals surface area contributed by atoms with Gasteiger partial charge < -0.3 is 10.2 Å². The van der Waals surface area contributed by atoms with Gasteiger partial charge in [0, 0.05) is 24.3 Å². The number of benzene rings is 1. The molecule has 0 radical (unpaired) electrons. The van der Waals surface area contributed by atoms with Crippen molar-refractivity contribution in [3.63, 3.8) is 0 Å². The molecule has 1 aliphatic carbocycles. The number of hydrogen-bond donors (Lipinski definition) is 1. The van der Waals surface area contributed by atoms with Gasteiger partial charge in [-0.1, -0.05) is 32.9 Å². The first kappa shape index (κ1) is 16.4. The minimum Gasteiger partial charge on any atom is -0.369 e. The van der Waals surface area contributed by atoms with E-state index in [1.807, 2.05) is 0 Å². The monoisotopic (exact) mass is 288 g/mol. The van der Waals surface area contributed by atoms with Gasteiger partial charge in [0.25, 0.3) is 0 Å². The molecule has 1 saturated carbocycles. The van der Waals surface area contributed by atoms with E-state index in [-0.39, 0.29) is 0 Å². The molecule has 1 aromatic rings. The van der Waals surface area contributed by atoms with Crippen LogP contribution in [0.15, 0.2) is 24.3 Å². The second-order valence-corrected chi connectivity index (χ2v) is 6.87. The molecule has 1 fully saturated rings. The maximum absolute atomic E-state index is 3.56. The molecule has 0 bridgehead atoms. The van der Waals surface area contributed by atoms with Gasteiger partial charge in [-0.2, -0.15) is 0 Å². The van der Waals surface area contributed by atoms with E-state index in [2.05, 4.69) is 62.2 Å². The van der Waals surface area contributed by atoms with Crippen LogP contribution >= 0.6 is 0 Å². The van der Waals surface area contributed by atoms with Crippen molar-refractivity contribution in [2.24, 2.45) is 5.92 Å². The van der Waals surface area contributed by atoms with Crippen LogP contribution in [0.5, 0.6) is 0 Å². The zero-order valence-electron chi connectivity index (χ0n) is 14.2. The van der Waals surface area contributed by atoms with Crippen molar-refractivity contribution in [2.75, 3.05) is 18.0 Å². The second kappa shape index (κ2) is 7.84. The van der Waals surface area contributed by atoms with Crippen LogP contribution in [-0.2, 0) is 0 Å². The minimum absolute atomic E-state index is 0.448. The molecule has 0 heterocycles. The van der Waals surface area contributed by atoms with Gasteiger partial charge in [-0.15, -0.1) is 0 Å². The van der Waals surface area contributed by atoms with Crippen LogP contribution in [0.2, 0.25) is 0 Å². The zero-order valence-corrected chi connectivity index (χ0v) is 14.2. The van der Waals surface area contributed by atoms with E-state index in [1.54, 1.807) is 0 Å². The second-order valence-electron chi connectivity index (χ2n) is 6.87. The van der Waals surface area contributed by atoms with Crippen molar-refractivity contribution in [3.8, 4) is 0 Å². The molecule has 2 heteroatoms. The zero-order chi connectivity index (χ0) is 15.2. The molecule has 0 aromatic heterocycles. The predicted octanol–water partition coefficient (Wildman–Crippen LogP) is 4.76. The van der Waals surface area contributed by atoms with Crippen LogP contribution in [-0.4, -0.2) is 19.1 Å². The number of anilines is 1. The van der Waals surface area contributed by atoms with Gasteiger partial charge >= 0.3 is 0 Å². The highest BCUT2D eigenvalue weighted by Crippen LogP contribution is 2.32. The summed E-state index contributed by atoms with van der Waals surface area (Å²) >= 11 is 0. The summed E-state index contributed by atoms with van der Waals surface area (Å²) in [6.45, 7) is 11.4. The molecular formula is C19H32N2. The third-order valence-corrected chi connectivity index (χ3v) is 4.36. The Morgan fingerprint density at radius 3 is 2.33 bits per heavy atom. The van der Waals surface area contributed by atoms with Crippen LogP contribution < -0.4 is 10.2 Å². The summed E-state index contributed by atoms with van der Waals surface area (Å²) in [7, 11) is 0. The molecule has 118 valence electrons. The largest absolute Gasteiger partial charge is 0.369 e. The van der Waals surface area contributed by atoms with Crippen molar-refractivity contribution < 1.29 is 0 Å². The molecule has 1 atom stereocenters. The van der Waals surface area contributed by atoms with Crippen LogP contribution in [0.4, 0.5) is 5.69 Å². The van der Waals surface area contributed by atoms with Gasteiger partial charge in [-0.3, -0.25) is 0 Å². The van der Waals surface area contributed by atoms with Crippen molar-refractivity contribution >= 4 is 5.69 Å². The summed E-state index contributed by atoms with van der Waals surface area (Å²) in [6.07, 6.45) is 5.21. The molecule has 21 heavy (non-hydrogen) atoms. The van der Waals surface area contributed by atoms with Gasteiger partial charge in [0.1, 0.15) is 0 Å². The number of hydrogen-bond acceptors (Lipinski definition) is 2. The quantitative estimate of drug-likeness (QED) is 0.704. The molecular weight excluding hydrogens is 256 g/mol. The SMILES string of the molecule is CCCNC(C)c1ccc(N(CCC(C)C)C2CC2)cc1. The third-order valence-electron chi connectivity index (χ3n) is 4.36. The molecule has 1 unspecified atom stereocenters. The average molecular weight is 288 g/mol. The molecule has 0 spiro atoms. The van der Waals surface area contributed by atoms with Gasteiger partial charge in [0.05, 0.1) is 0 Å². The maximum atomic E-state index is 3.56. The highest BCUT2D eigenvalue weighted by atomic mass is 15.2. The van der Waals surface area contributed by atoms with Crippen LogP contribution in [0.25, 0.3) is 0 Å². The van der Waals surface area contributed by atoms with Gasteiger partial charge in [-0.05, 0) is 62.8 Å². The molecule has 0 aliphatic heterocycles. The van der Waals surface area contributed by atoms with Crippen LogP contribution in [0, 0.1) is 5.92 Å². The Labute approximate surface area is 130 Å². The molecule has 1 N–H and O–H groups in total.